The zero-order chi connectivity index (χ0) is 19.2. The summed E-state index contributed by atoms with van der Waals surface area (Å²) in [4.78, 5) is 20.8. The van der Waals surface area contributed by atoms with Gasteiger partial charge in [0.05, 0.1) is 23.5 Å². The first-order valence-corrected chi connectivity index (χ1v) is 8.47. The fraction of sp³-hybridized carbons (Fsp3) is 0.150. The fourth-order valence-electron chi connectivity index (χ4n) is 2.49. The number of carbonyl (C=O) groups excluding carboxylic acids is 1. The van der Waals surface area contributed by atoms with Gasteiger partial charge < -0.3 is 15.4 Å². The van der Waals surface area contributed by atoms with E-state index in [1.54, 1.807) is 62.4 Å². The molecule has 0 unspecified atom stereocenters. The molecule has 2 aromatic carbocycles. The second-order valence-electron chi connectivity index (χ2n) is 5.71. The van der Waals surface area contributed by atoms with Crippen molar-refractivity contribution in [3.63, 3.8) is 0 Å². The van der Waals surface area contributed by atoms with Gasteiger partial charge in [-0.25, -0.2) is 14.2 Å². The van der Waals surface area contributed by atoms with Crippen LogP contribution >= 0.6 is 0 Å². The number of halogens is 1. The third-order valence-electron chi connectivity index (χ3n) is 3.66. The number of rotatable bonds is 6. The van der Waals surface area contributed by atoms with E-state index in [1.165, 1.54) is 6.07 Å². The number of ether oxygens (including phenoxy) is 1. The van der Waals surface area contributed by atoms with Gasteiger partial charge >= 0.3 is 5.97 Å². The monoisotopic (exact) mass is 366 g/mol. The van der Waals surface area contributed by atoms with Crippen LogP contribution in [0.3, 0.4) is 0 Å². The van der Waals surface area contributed by atoms with Crippen LogP contribution in [0.2, 0.25) is 0 Å². The van der Waals surface area contributed by atoms with Crippen LogP contribution in [0.15, 0.2) is 54.6 Å². The Kier molecular flexibility index (Phi) is 5.61. The molecule has 1 aromatic heterocycles. The predicted molar refractivity (Wildman–Crippen MR) is 102 cm³/mol. The highest BCUT2D eigenvalue weighted by molar-refractivity contribution is 5.96. The number of nitrogens with zero attached hydrogens (tertiary/aromatic N) is 2. The number of aryl methyl sites for hydroxylation is 1. The molecule has 3 rings (SSSR count). The quantitative estimate of drug-likeness (QED) is 0.622. The van der Waals surface area contributed by atoms with Crippen molar-refractivity contribution in [1.82, 2.24) is 9.97 Å². The number of nitrogens with one attached hydrogen (secondary N) is 2. The average Bonchev–Trinajstić information content (AvgIpc) is 2.64. The van der Waals surface area contributed by atoms with Gasteiger partial charge in [0.1, 0.15) is 11.6 Å². The zero-order valence-electron chi connectivity index (χ0n) is 15.0. The first kappa shape index (κ1) is 18.3. The van der Waals surface area contributed by atoms with Crippen LogP contribution in [0.1, 0.15) is 23.0 Å². The summed E-state index contributed by atoms with van der Waals surface area (Å²) in [6, 6.07) is 15.0. The summed E-state index contributed by atoms with van der Waals surface area (Å²) in [6.45, 7) is 3.83. The minimum Gasteiger partial charge on any atom is -0.462 e. The van der Waals surface area contributed by atoms with Gasteiger partial charge in [0.25, 0.3) is 0 Å². The number of aromatic nitrogens is 2. The highest BCUT2D eigenvalue weighted by Crippen LogP contribution is 2.23. The van der Waals surface area contributed by atoms with Crippen LogP contribution in [-0.2, 0) is 4.74 Å². The van der Waals surface area contributed by atoms with Gasteiger partial charge in [-0.05, 0) is 38.1 Å². The standard InChI is InChI=1S/C20H19FN4O2/c1-3-27-19(26)14-8-4-6-10-16(14)24-20-22-13(2)12-18(25-20)23-17-11-7-5-9-15(17)21/h4-12H,3H2,1-2H3,(H2,22,23,24,25). The molecular formula is C20H19FN4O2. The molecule has 27 heavy (non-hydrogen) atoms. The van der Waals surface area contributed by atoms with E-state index in [1.807, 2.05) is 0 Å². The molecule has 1 heterocycles. The Morgan fingerprint density at radius 2 is 1.74 bits per heavy atom. The molecule has 3 aromatic rings. The van der Waals surface area contributed by atoms with Crippen molar-refractivity contribution in [2.75, 3.05) is 17.2 Å². The molecular weight excluding hydrogens is 347 g/mol. The van der Waals surface area contributed by atoms with Crippen LogP contribution in [0.25, 0.3) is 0 Å². The maximum Gasteiger partial charge on any atom is 0.340 e. The molecule has 0 spiro atoms. The third-order valence-corrected chi connectivity index (χ3v) is 3.66. The first-order valence-electron chi connectivity index (χ1n) is 8.47. The minimum absolute atomic E-state index is 0.283. The number of hydrogen-bond donors (Lipinski definition) is 2. The molecule has 138 valence electrons. The lowest BCUT2D eigenvalue weighted by atomic mass is 10.2. The number of carbonyl (C=O) groups is 1. The molecule has 0 aliphatic heterocycles. The van der Waals surface area contributed by atoms with Crippen molar-refractivity contribution >= 4 is 29.1 Å². The van der Waals surface area contributed by atoms with Gasteiger partial charge in [-0.2, -0.15) is 4.98 Å². The smallest absolute Gasteiger partial charge is 0.340 e. The molecule has 0 saturated carbocycles. The second kappa shape index (κ2) is 8.27. The van der Waals surface area contributed by atoms with Crippen LogP contribution in [-0.4, -0.2) is 22.5 Å². The number of hydrogen-bond acceptors (Lipinski definition) is 6. The van der Waals surface area contributed by atoms with Crippen LogP contribution in [0.4, 0.5) is 27.5 Å². The van der Waals surface area contributed by atoms with Crippen LogP contribution < -0.4 is 10.6 Å². The summed E-state index contributed by atoms with van der Waals surface area (Å²) >= 11 is 0. The Balaban J connectivity index is 1.88. The van der Waals surface area contributed by atoms with E-state index in [9.17, 15) is 9.18 Å². The van der Waals surface area contributed by atoms with E-state index in [4.69, 9.17) is 4.74 Å². The zero-order valence-corrected chi connectivity index (χ0v) is 15.0. The van der Waals surface area contributed by atoms with Gasteiger partial charge in [-0.3, -0.25) is 0 Å². The normalized spacial score (nSPS) is 10.3. The topological polar surface area (TPSA) is 76.1 Å². The van der Waals surface area contributed by atoms with E-state index < -0.39 is 5.97 Å². The first-order chi connectivity index (χ1) is 13.1. The van der Waals surface area contributed by atoms with E-state index in [-0.39, 0.29) is 18.4 Å². The van der Waals surface area contributed by atoms with Crippen LogP contribution in [0, 0.1) is 12.7 Å². The lowest BCUT2D eigenvalue weighted by Gasteiger charge is -2.12. The predicted octanol–water partition coefficient (Wildman–Crippen LogP) is 4.59. The number of anilines is 4. The maximum absolute atomic E-state index is 13.9. The van der Waals surface area contributed by atoms with Crippen molar-refractivity contribution in [1.29, 1.82) is 0 Å². The van der Waals surface area contributed by atoms with Crippen molar-refractivity contribution in [2.45, 2.75) is 13.8 Å². The lowest BCUT2D eigenvalue weighted by molar-refractivity contribution is 0.0527. The van der Waals surface area contributed by atoms with Gasteiger partial charge in [0.2, 0.25) is 5.95 Å². The Bertz CT molecular complexity index is 962. The van der Waals surface area contributed by atoms with E-state index in [2.05, 4.69) is 20.6 Å². The highest BCUT2D eigenvalue weighted by atomic mass is 19.1. The summed E-state index contributed by atoms with van der Waals surface area (Å²) in [5.74, 6) is -0.0943. The molecule has 0 bridgehead atoms. The highest BCUT2D eigenvalue weighted by Gasteiger charge is 2.13. The van der Waals surface area contributed by atoms with Crippen molar-refractivity contribution in [2.24, 2.45) is 0 Å². The van der Waals surface area contributed by atoms with E-state index >= 15 is 0 Å². The van der Waals surface area contributed by atoms with Crippen LogP contribution in [0.5, 0.6) is 0 Å². The van der Waals surface area contributed by atoms with E-state index in [0.29, 0.717) is 28.5 Å². The number of para-hydroxylation sites is 2. The number of esters is 1. The van der Waals surface area contributed by atoms with Crippen molar-refractivity contribution in [3.05, 3.63) is 71.7 Å². The molecule has 0 saturated heterocycles. The molecule has 6 nitrogen and oxygen atoms in total. The molecule has 0 fully saturated rings. The molecule has 2 N–H and O–H groups in total. The largest absolute Gasteiger partial charge is 0.462 e. The van der Waals surface area contributed by atoms with Gasteiger partial charge in [-0.15, -0.1) is 0 Å². The Labute approximate surface area is 156 Å². The summed E-state index contributed by atoms with van der Waals surface area (Å²) in [5.41, 5.74) is 1.90. The van der Waals surface area contributed by atoms with Crippen molar-refractivity contribution in [3.8, 4) is 0 Å². The van der Waals surface area contributed by atoms with E-state index in [0.717, 1.165) is 0 Å². The minimum atomic E-state index is -0.432. The summed E-state index contributed by atoms with van der Waals surface area (Å²) in [6.07, 6.45) is 0. The Hall–Kier alpha value is -3.48. The SMILES string of the molecule is CCOC(=O)c1ccccc1Nc1nc(C)cc(Nc2ccccc2F)n1. The maximum atomic E-state index is 13.9. The average molecular weight is 366 g/mol. The number of benzene rings is 2. The molecule has 0 atom stereocenters. The molecule has 7 heteroatoms. The summed E-state index contributed by atoms with van der Waals surface area (Å²) in [7, 11) is 0. The molecule has 0 amide bonds. The Morgan fingerprint density at radius 3 is 2.48 bits per heavy atom. The fourth-order valence-corrected chi connectivity index (χ4v) is 2.49. The second-order valence-corrected chi connectivity index (χ2v) is 5.71. The Morgan fingerprint density at radius 1 is 1.04 bits per heavy atom. The van der Waals surface area contributed by atoms with Gasteiger partial charge in [0.15, 0.2) is 0 Å². The summed E-state index contributed by atoms with van der Waals surface area (Å²) in [5, 5.41) is 5.98. The third kappa shape index (κ3) is 4.58. The van der Waals surface area contributed by atoms with Crippen molar-refractivity contribution < 1.29 is 13.9 Å². The van der Waals surface area contributed by atoms with Gasteiger partial charge in [0, 0.05) is 11.8 Å². The molecule has 0 aliphatic carbocycles. The molecule has 0 aliphatic rings. The molecule has 0 radical (unpaired) electrons. The summed E-state index contributed by atoms with van der Waals surface area (Å²) < 4.78 is 18.9. The van der Waals surface area contributed by atoms with Gasteiger partial charge in [-0.1, -0.05) is 24.3 Å². The lowest BCUT2D eigenvalue weighted by Crippen LogP contribution is -2.09.